The lowest BCUT2D eigenvalue weighted by molar-refractivity contribution is -0.183. The molecule has 5 aliphatic heterocycles. The van der Waals surface area contributed by atoms with E-state index in [0.29, 0.717) is 32.2 Å². The molecular formula is C26H42ClF3N6O4S. The molecule has 5 N–H and O–H groups in total. The maximum Gasteiger partial charge on any atom is 0.403 e. The van der Waals surface area contributed by atoms with Gasteiger partial charge in [-0.1, -0.05) is 0 Å². The Hall–Kier alpha value is -0.870. The minimum atomic E-state index is -4.38. The van der Waals surface area contributed by atoms with Gasteiger partial charge in [-0.3, -0.25) is 25.5 Å². The monoisotopic (exact) mass is 626 g/mol. The van der Waals surface area contributed by atoms with Crippen molar-refractivity contribution in [1.82, 2.24) is 31.5 Å². The van der Waals surface area contributed by atoms with Crippen LogP contribution in [0.25, 0.3) is 0 Å². The number of amides is 2. The van der Waals surface area contributed by atoms with Crippen molar-refractivity contribution >= 4 is 35.2 Å². The third kappa shape index (κ3) is 6.95. The molecule has 12 atom stereocenters. The lowest BCUT2D eigenvalue weighted by atomic mass is 9.70. The lowest BCUT2D eigenvalue weighted by Crippen LogP contribution is -2.58. The molecule has 5 aliphatic rings. The van der Waals surface area contributed by atoms with E-state index in [0.717, 1.165) is 12.8 Å². The number of piperidine rings is 3. The quantitative estimate of drug-likeness (QED) is 0.218. The normalized spacial score (nSPS) is 43.5. The second-order valence-electron chi connectivity index (χ2n) is 12.0. The summed E-state index contributed by atoms with van der Waals surface area (Å²) in [6.45, 7) is 4.29. The van der Waals surface area contributed by atoms with Gasteiger partial charge in [-0.15, -0.1) is 23.4 Å². The van der Waals surface area contributed by atoms with Gasteiger partial charge in [0.1, 0.15) is 17.8 Å². The van der Waals surface area contributed by atoms with Crippen LogP contribution in [0.1, 0.15) is 32.6 Å². The highest BCUT2D eigenvalue weighted by molar-refractivity contribution is 8.00. The fourth-order valence-corrected chi connectivity index (χ4v) is 9.02. The molecule has 5 rings (SSSR count). The predicted octanol–water partition coefficient (Wildman–Crippen LogP) is 1.01. The molecule has 0 aromatic carbocycles. The molecule has 0 aliphatic carbocycles. The van der Waals surface area contributed by atoms with E-state index in [-0.39, 0.29) is 70.8 Å². The zero-order chi connectivity index (χ0) is 29.5. The number of hydrogen-bond acceptors (Lipinski definition) is 9. The molecule has 0 radical (unpaired) electrons. The Morgan fingerprint density at radius 1 is 1.00 bits per heavy atom. The fraction of sp³-hybridized carbons (Fsp3) is 0.923. The summed E-state index contributed by atoms with van der Waals surface area (Å²) in [4.78, 5) is 28.6. The Morgan fingerprint density at radius 2 is 1.78 bits per heavy atom. The van der Waals surface area contributed by atoms with Crippen LogP contribution in [-0.2, 0) is 19.1 Å². The Balaban J connectivity index is 1.15. The van der Waals surface area contributed by atoms with E-state index in [2.05, 4.69) is 33.5 Å². The van der Waals surface area contributed by atoms with Crippen LogP contribution in [0.15, 0.2) is 0 Å². The molecule has 5 fully saturated rings. The van der Waals surface area contributed by atoms with Crippen LogP contribution in [0, 0.1) is 23.7 Å². The number of thioether (sulfide) groups is 1. The van der Waals surface area contributed by atoms with Gasteiger partial charge in [-0.25, -0.2) is 0 Å². The highest BCUT2D eigenvalue weighted by Gasteiger charge is 2.50. The number of carbonyl (C=O) groups excluding carboxylic acids is 2. The van der Waals surface area contributed by atoms with Crippen LogP contribution in [0.4, 0.5) is 13.2 Å². The van der Waals surface area contributed by atoms with Gasteiger partial charge >= 0.3 is 6.18 Å². The lowest BCUT2D eigenvalue weighted by Gasteiger charge is -2.45. The summed E-state index contributed by atoms with van der Waals surface area (Å²) in [5.41, 5.74) is -0.426. The zero-order valence-electron chi connectivity index (χ0n) is 23.6. The first-order valence-corrected chi connectivity index (χ1v) is 15.9. The Labute approximate surface area is 248 Å². The smallest absolute Gasteiger partial charge is 0.380 e. The standard InChI is InChI=1S/C26H42ClF3N6O4S/c1-12-6-14(15-7-21(27)32-9-18(15)39-2)16(8-31-12)22(37)35-25-33-17-10-36(11-19(17)41-25)24(38)13-4-5-20(26(28,29)30)34-23(13)40-3/h12-21,23,25,31-34H,4-11H2,1-3H3,(H,35,37). The number of hydrogen-bond donors (Lipinski definition) is 5. The first-order valence-electron chi connectivity index (χ1n) is 14.5. The van der Waals surface area contributed by atoms with Crippen molar-refractivity contribution in [3.63, 3.8) is 0 Å². The van der Waals surface area contributed by atoms with Gasteiger partial charge < -0.3 is 25.0 Å². The number of nitrogens with zero attached hydrogens (tertiary/aromatic N) is 1. The fourth-order valence-electron chi connectivity index (χ4n) is 7.32. The molecule has 15 heteroatoms. The van der Waals surface area contributed by atoms with Crippen molar-refractivity contribution in [2.24, 2.45) is 23.7 Å². The van der Waals surface area contributed by atoms with Gasteiger partial charge in [-0.05, 0) is 44.4 Å². The van der Waals surface area contributed by atoms with Crippen molar-refractivity contribution < 1.29 is 32.2 Å². The second-order valence-corrected chi connectivity index (χ2v) is 13.9. The van der Waals surface area contributed by atoms with Crippen molar-refractivity contribution in [2.75, 3.05) is 40.4 Å². The summed E-state index contributed by atoms with van der Waals surface area (Å²) < 4.78 is 50.6. The van der Waals surface area contributed by atoms with Crippen LogP contribution in [-0.4, -0.2) is 110 Å². The van der Waals surface area contributed by atoms with E-state index >= 15 is 0 Å². The zero-order valence-corrected chi connectivity index (χ0v) is 25.2. The van der Waals surface area contributed by atoms with E-state index in [1.54, 1.807) is 23.8 Å². The molecule has 0 saturated carbocycles. The van der Waals surface area contributed by atoms with Crippen LogP contribution in [0.3, 0.4) is 0 Å². The third-order valence-corrected chi connectivity index (χ3v) is 11.2. The summed E-state index contributed by atoms with van der Waals surface area (Å²) in [5, 5.41) is 15.9. The highest BCUT2D eigenvalue weighted by atomic mass is 35.5. The molecule has 5 heterocycles. The van der Waals surface area contributed by atoms with E-state index < -0.39 is 24.4 Å². The number of rotatable bonds is 6. The Kier molecular flexibility index (Phi) is 10.0. The molecule has 0 bridgehead atoms. The number of halogens is 4. The van der Waals surface area contributed by atoms with Crippen molar-refractivity contribution in [3.8, 4) is 0 Å². The first-order chi connectivity index (χ1) is 19.5. The largest absolute Gasteiger partial charge is 0.403 e. The van der Waals surface area contributed by atoms with Crippen LogP contribution in [0.5, 0.6) is 0 Å². The summed E-state index contributed by atoms with van der Waals surface area (Å²) in [5.74, 6) is -0.796. The van der Waals surface area contributed by atoms with E-state index in [1.165, 1.54) is 7.11 Å². The molecular weight excluding hydrogens is 585 g/mol. The van der Waals surface area contributed by atoms with E-state index in [1.807, 2.05) is 0 Å². The van der Waals surface area contributed by atoms with Crippen LogP contribution in [0.2, 0.25) is 0 Å². The second kappa shape index (κ2) is 13.0. The number of nitrogens with one attached hydrogen (secondary N) is 5. The van der Waals surface area contributed by atoms with Crippen molar-refractivity contribution in [1.29, 1.82) is 0 Å². The van der Waals surface area contributed by atoms with E-state index in [4.69, 9.17) is 21.1 Å². The van der Waals surface area contributed by atoms with Crippen molar-refractivity contribution in [2.45, 2.75) is 85.5 Å². The van der Waals surface area contributed by atoms with Gasteiger partial charge in [0, 0.05) is 57.7 Å². The maximum absolute atomic E-state index is 13.6. The summed E-state index contributed by atoms with van der Waals surface area (Å²) in [6, 6.07) is -1.40. The average molecular weight is 627 g/mol. The molecule has 0 spiro atoms. The average Bonchev–Trinajstić information content (AvgIpc) is 3.50. The molecule has 0 aromatic rings. The molecule has 41 heavy (non-hydrogen) atoms. The molecule has 12 unspecified atom stereocenters. The van der Waals surface area contributed by atoms with E-state index in [9.17, 15) is 22.8 Å². The van der Waals surface area contributed by atoms with Crippen LogP contribution < -0.4 is 26.6 Å². The number of ether oxygens (including phenoxy) is 2. The van der Waals surface area contributed by atoms with Gasteiger partial charge in [-0.2, -0.15) is 13.2 Å². The Bertz CT molecular complexity index is 941. The molecule has 5 saturated heterocycles. The summed E-state index contributed by atoms with van der Waals surface area (Å²) >= 11 is 8.04. The summed E-state index contributed by atoms with van der Waals surface area (Å²) in [7, 11) is 3.03. The first kappa shape index (κ1) is 31.6. The summed E-state index contributed by atoms with van der Waals surface area (Å²) in [6.07, 6.45) is -3.82. The highest BCUT2D eigenvalue weighted by Crippen LogP contribution is 2.39. The van der Waals surface area contributed by atoms with Gasteiger partial charge in [0.05, 0.1) is 23.4 Å². The van der Waals surface area contributed by atoms with Gasteiger partial charge in [0.25, 0.3) is 0 Å². The third-order valence-electron chi connectivity index (χ3n) is 9.51. The maximum atomic E-state index is 13.6. The topological polar surface area (TPSA) is 116 Å². The van der Waals surface area contributed by atoms with Crippen LogP contribution >= 0.6 is 23.4 Å². The molecule has 10 nitrogen and oxygen atoms in total. The number of alkyl halides is 4. The van der Waals surface area contributed by atoms with Gasteiger partial charge in [0.15, 0.2) is 0 Å². The molecule has 2 amide bonds. The number of fused-ring (bicyclic) bond motifs is 1. The minimum absolute atomic E-state index is 0.00567. The molecule has 234 valence electrons. The predicted molar refractivity (Wildman–Crippen MR) is 149 cm³/mol. The number of carbonyl (C=O) groups is 2. The van der Waals surface area contributed by atoms with Gasteiger partial charge in [0.2, 0.25) is 11.8 Å². The SMILES string of the molecule is COC1CNC(Cl)CC1C1CC(C)NCC1C(=O)NC1NC2CN(C(=O)C3CCC(C(F)(F)F)NC3OC)CC2S1. The molecule has 0 aromatic heterocycles. The number of methoxy groups -OCH3 is 2. The minimum Gasteiger partial charge on any atom is -0.380 e. The Morgan fingerprint density at radius 3 is 2.46 bits per heavy atom. The van der Waals surface area contributed by atoms with Crippen molar-refractivity contribution in [3.05, 3.63) is 0 Å². The number of likely N-dealkylation sites (tertiary alicyclic amines) is 1.